The molecule has 3 heteroatoms. The molecule has 0 aliphatic carbocycles. The van der Waals surface area contributed by atoms with Crippen LogP contribution >= 0.6 is 11.6 Å². The van der Waals surface area contributed by atoms with Crippen molar-refractivity contribution in [1.82, 2.24) is 9.97 Å². The fourth-order valence-corrected chi connectivity index (χ4v) is 2.17. The zero-order valence-corrected chi connectivity index (χ0v) is 10.4. The number of H-pyrrole nitrogens is 1. The maximum atomic E-state index is 6.08. The summed E-state index contributed by atoms with van der Waals surface area (Å²) in [5.41, 5.74) is 3.29. The van der Waals surface area contributed by atoms with Crippen molar-refractivity contribution in [2.45, 2.75) is 0 Å². The average molecular weight is 255 g/mol. The summed E-state index contributed by atoms with van der Waals surface area (Å²) in [5, 5.41) is 0.709. The molecule has 2 aromatic carbocycles. The van der Waals surface area contributed by atoms with Gasteiger partial charge >= 0.3 is 0 Å². The molecule has 0 atom stereocenters. The van der Waals surface area contributed by atoms with Crippen LogP contribution in [0, 0.1) is 0 Å². The molecule has 0 bridgehead atoms. The van der Waals surface area contributed by atoms with E-state index in [4.69, 9.17) is 11.6 Å². The number of nitrogens with zero attached hydrogens (tertiary/aromatic N) is 1. The summed E-state index contributed by atoms with van der Waals surface area (Å²) < 4.78 is 0. The quantitative estimate of drug-likeness (QED) is 0.722. The Bertz CT molecular complexity index is 646. The summed E-state index contributed by atoms with van der Waals surface area (Å²) in [6, 6.07) is 16.1. The van der Waals surface area contributed by atoms with Crippen molar-refractivity contribution in [3.05, 3.63) is 65.9 Å². The number of aromatic amines is 1. The first-order chi connectivity index (χ1) is 8.84. The van der Waals surface area contributed by atoms with Gasteiger partial charge in [-0.1, -0.05) is 48.0 Å². The summed E-state index contributed by atoms with van der Waals surface area (Å²) in [7, 11) is 0. The maximum absolute atomic E-state index is 6.08. The molecule has 0 aliphatic rings. The molecule has 18 heavy (non-hydrogen) atoms. The minimum atomic E-state index is 0.709. The van der Waals surface area contributed by atoms with E-state index in [1.54, 1.807) is 6.20 Å². The Morgan fingerprint density at radius 2 is 1.78 bits per heavy atom. The van der Waals surface area contributed by atoms with Crippen LogP contribution < -0.4 is 0 Å². The van der Waals surface area contributed by atoms with Crippen LogP contribution in [0.15, 0.2) is 60.9 Å². The first kappa shape index (κ1) is 11.1. The van der Waals surface area contributed by atoms with Crippen molar-refractivity contribution in [3.8, 4) is 22.5 Å². The molecule has 0 fully saturated rings. The Morgan fingerprint density at radius 3 is 2.50 bits per heavy atom. The van der Waals surface area contributed by atoms with E-state index < -0.39 is 0 Å². The predicted octanol–water partition coefficient (Wildman–Crippen LogP) is 4.40. The number of rotatable bonds is 2. The van der Waals surface area contributed by atoms with Gasteiger partial charge in [0.05, 0.1) is 0 Å². The Morgan fingerprint density at radius 1 is 0.944 bits per heavy atom. The minimum Gasteiger partial charge on any atom is -0.345 e. The summed E-state index contributed by atoms with van der Waals surface area (Å²) in [5.74, 6) is 0.830. The molecule has 0 unspecified atom stereocenters. The SMILES string of the molecule is Clc1ccc(-c2ccccc2)c(-c2ncc[nH]2)c1. The number of halogens is 1. The van der Waals surface area contributed by atoms with Gasteiger partial charge in [0, 0.05) is 23.0 Å². The molecule has 0 radical (unpaired) electrons. The topological polar surface area (TPSA) is 28.7 Å². The number of aromatic nitrogens is 2. The second-order valence-corrected chi connectivity index (χ2v) is 4.43. The van der Waals surface area contributed by atoms with Gasteiger partial charge in [0.1, 0.15) is 5.82 Å². The third-order valence-electron chi connectivity index (χ3n) is 2.82. The Kier molecular flexibility index (Phi) is 2.87. The highest BCUT2D eigenvalue weighted by atomic mass is 35.5. The number of hydrogen-bond acceptors (Lipinski definition) is 1. The van der Waals surface area contributed by atoms with Crippen LogP contribution in [-0.2, 0) is 0 Å². The summed E-state index contributed by atoms with van der Waals surface area (Å²) in [6.07, 6.45) is 3.55. The molecule has 1 heterocycles. The van der Waals surface area contributed by atoms with E-state index in [0.29, 0.717) is 5.02 Å². The van der Waals surface area contributed by atoms with E-state index in [0.717, 1.165) is 22.5 Å². The van der Waals surface area contributed by atoms with Crippen molar-refractivity contribution < 1.29 is 0 Å². The highest BCUT2D eigenvalue weighted by Gasteiger charge is 2.09. The van der Waals surface area contributed by atoms with Crippen molar-refractivity contribution in [2.24, 2.45) is 0 Å². The van der Waals surface area contributed by atoms with E-state index in [1.165, 1.54) is 0 Å². The van der Waals surface area contributed by atoms with Gasteiger partial charge in [0.15, 0.2) is 0 Å². The normalized spacial score (nSPS) is 10.5. The largest absolute Gasteiger partial charge is 0.345 e. The summed E-state index contributed by atoms with van der Waals surface area (Å²) in [6.45, 7) is 0. The van der Waals surface area contributed by atoms with Gasteiger partial charge in [0.2, 0.25) is 0 Å². The summed E-state index contributed by atoms with van der Waals surface area (Å²) in [4.78, 5) is 7.42. The monoisotopic (exact) mass is 254 g/mol. The van der Waals surface area contributed by atoms with Crippen LogP contribution in [0.3, 0.4) is 0 Å². The van der Waals surface area contributed by atoms with Crippen LogP contribution in [0.25, 0.3) is 22.5 Å². The first-order valence-corrected chi connectivity index (χ1v) is 6.07. The van der Waals surface area contributed by atoms with E-state index in [1.807, 2.05) is 42.6 Å². The molecule has 3 rings (SSSR count). The molecule has 88 valence electrons. The van der Waals surface area contributed by atoms with E-state index in [-0.39, 0.29) is 0 Å². The predicted molar refractivity (Wildman–Crippen MR) is 74.5 cm³/mol. The lowest BCUT2D eigenvalue weighted by molar-refractivity contribution is 1.31. The molecule has 3 aromatic rings. The van der Waals surface area contributed by atoms with Gasteiger partial charge in [-0.15, -0.1) is 0 Å². The molecular formula is C15H11ClN2. The maximum Gasteiger partial charge on any atom is 0.137 e. The van der Waals surface area contributed by atoms with Crippen LogP contribution in [-0.4, -0.2) is 9.97 Å². The van der Waals surface area contributed by atoms with Crippen molar-refractivity contribution >= 4 is 11.6 Å². The van der Waals surface area contributed by atoms with Crippen molar-refractivity contribution in [1.29, 1.82) is 0 Å². The van der Waals surface area contributed by atoms with Crippen LogP contribution in [0.5, 0.6) is 0 Å². The molecule has 0 aliphatic heterocycles. The molecule has 1 N–H and O–H groups in total. The number of nitrogens with one attached hydrogen (secondary N) is 1. The zero-order chi connectivity index (χ0) is 12.4. The molecular weight excluding hydrogens is 244 g/mol. The van der Waals surface area contributed by atoms with Crippen LogP contribution in [0.4, 0.5) is 0 Å². The molecule has 0 amide bonds. The second-order valence-electron chi connectivity index (χ2n) is 3.99. The lowest BCUT2D eigenvalue weighted by Gasteiger charge is -2.08. The standard InChI is InChI=1S/C15H11ClN2/c16-12-6-7-13(11-4-2-1-3-5-11)14(10-12)15-17-8-9-18-15/h1-10H,(H,17,18). The Hall–Kier alpha value is -2.06. The Balaban J connectivity index is 2.21. The van der Waals surface area contributed by atoms with E-state index in [9.17, 15) is 0 Å². The van der Waals surface area contributed by atoms with Crippen molar-refractivity contribution in [2.75, 3.05) is 0 Å². The smallest absolute Gasteiger partial charge is 0.137 e. The molecule has 0 spiro atoms. The highest BCUT2D eigenvalue weighted by molar-refractivity contribution is 6.31. The Labute approximate surface area is 110 Å². The molecule has 0 saturated heterocycles. The highest BCUT2D eigenvalue weighted by Crippen LogP contribution is 2.32. The lowest BCUT2D eigenvalue weighted by Crippen LogP contribution is -1.87. The van der Waals surface area contributed by atoms with E-state index >= 15 is 0 Å². The van der Waals surface area contributed by atoms with Crippen molar-refractivity contribution in [3.63, 3.8) is 0 Å². The minimum absolute atomic E-state index is 0.709. The zero-order valence-electron chi connectivity index (χ0n) is 9.60. The van der Waals surface area contributed by atoms with E-state index in [2.05, 4.69) is 22.1 Å². The molecule has 1 aromatic heterocycles. The molecule has 2 nitrogen and oxygen atoms in total. The lowest BCUT2D eigenvalue weighted by atomic mass is 9.99. The first-order valence-electron chi connectivity index (χ1n) is 5.69. The number of imidazole rings is 1. The van der Waals surface area contributed by atoms with Gasteiger partial charge in [-0.25, -0.2) is 4.98 Å². The van der Waals surface area contributed by atoms with Gasteiger partial charge in [-0.3, -0.25) is 0 Å². The van der Waals surface area contributed by atoms with Gasteiger partial charge < -0.3 is 4.98 Å². The third-order valence-corrected chi connectivity index (χ3v) is 3.05. The van der Waals surface area contributed by atoms with Crippen LogP contribution in [0.1, 0.15) is 0 Å². The number of hydrogen-bond donors (Lipinski definition) is 1. The van der Waals surface area contributed by atoms with Crippen LogP contribution in [0.2, 0.25) is 5.02 Å². The fraction of sp³-hybridized carbons (Fsp3) is 0. The third kappa shape index (κ3) is 2.03. The average Bonchev–Trinajstić information content (AvgIpc) is 2.93. The summed E-state index contributed by atoms with van der Waals surface area (Å²) >= 11 is 6.08. The second kappa shape index (κ2) is 4.67. The fourth-order valence-electron chi connectivity index (χ4n) is 1.99. The van der Waals surface area contributed by atoms with Gasteiger partial charge in [0.25, 0.3) is 0 Å². The molecule has 0 saturated carbocycles. The number of benzene rings is 2. The van der Waals surface area contributed by atoms with Gasteiger partial charge in [-0.05, 0) is 23.3 Å². The van der Waals surface area contributed by atoms with Gasteiger partial charge in [-0.2, -0.15) is 0 Å².